The van der Waals surface area contributed by atoms with Crippen LogP contribution in [0.5, 0.6) is 0 Å². The number of nitrogens with zero attached hydrogens (tertiary/aromatic N) is 3. The van der Waals surface area contributed by atoms with E-state index in [4.69, 9.17) is 5.26 Å². The number of nitriles is 1. The van der Waals surface area contributed by atoms with E-state index >= 15 is 0 Å². The molecule has 158 valence electrons. The highest BCUT2D eigenvalue weighted by atomic mass is 32.2. The van der Waals surface area contributed by atoms with Crippen LogP contribution in [-0.4, -0.2) is 42.0 Å². The Bertz CT molecular complexity index is 911. The quantitative estimate of drug-likeness (QED) is 0.594. The number of carbonyl (C=O) groups excluding carboxylic acids is 1. The van der Waals surface area contributed by atoms with Gasteiger partial charge in [0.1, 0.15) is 0 Å². The van der Waals surface area contributed by atoms with Crippen LogP contribution in [0.15, 0.2) is 42.5 Å². The lowest BCUT2D eigenvalue weighted by molar-refractivity contribution is -0.428. The maximum Gasteiger partial charge on any atom is 0.260 e. The number of amides is 1. The van der Waals surface area contributed by atoms with Crippen LogP contribution >= 0.6 is 11.8 Å². The minimum absolute atomic E-state index is 0.0166. The van der Waals surface area contributed by atoms with Crippen LogP contribution in [0, 0.1) is 16.2 Å². The molecule has 1 aliphatic heterocycles. The summed E-state index contributed by atoms with van der Waals surface area (Å²) in [6.07, 6.45) is 3.79. The summed E-state index contributed by atoms with van der Waals surface area (Å²) >= 11 is 1.65. The van der Waals surface area contributed by atoms with E-state index in [0.717, 1.165) is 28.9 Å². The van der Waals surface area contributed by atoms with E-state index in [0.29, 0.717) is 35.8 Å². The summed E-state index contributed by atoms with van der Waals surface area (Å²) in [6.45, 7) is 5.39. The highest BCUT2D eigenvalue weighted by Gasteiger charge is 2.26. The molecule has 0 atom stereocenters. The fourth-order valence-corrected chi connectivity index (χ4v) is 4.25. The highest BCUT2D eigenvalue weighted by Crippen LogP contribution is 2.30. The van der Waals surface area contributed by atoms with Crippen LogP contribution in [0.4, 0.5) is 5.69 Å². The van der Waals surface area contributed by atoms with Crippen molar-refractivity contribution in [2.24, 2.45) is 0 Å². The summed E-state index contributed by atoms with van der Waals surface area (Å²) in [5.74, 6) is 1.13. The second-order valence-corrected chi connectivity index (χ2v) is 7.94. The Hall–Kier alpha value is -2.65. The second-order valence-electron chi connectivity index (χ2n) is 7.07. The molecule has 30 heavy (non-hydrogen) atoms. The van der Waals surface area contributed by atoms with Gasteiger partial charge in [-0.2, -0.15) is 17.0 Å². The summed E-state index contributed by atoms with van der Waals surface area (Å²) in [7, 11) is 1.47. The van der Waals surface area contributed by atoms with E-state index in [9.17, 15) is 9.70 Å². The lowest BCUT2D eigenvalue weighted by Crippen LogP contribution is -2.38. The third-order valence-corrected chi connectivity index (χ3v) is 5.86. The van der Waals surface area contributed by atoms with Gasteiger partial charge in [0.2, 0.25) is 0 Å². The van der Waals surface area contributed by atoms with Gasteiger partial charge in [0.25, 0.3) is 11.6 Å². The molecule has 0 bridgehead atoms. The molecule has 1 fully saturated rings. The zero-order chi connectivity index (χ0) is 22.1. The molecule has 0 aromatic heterocycles. The molecule has 0 aliphatic carbocycles. The van der Waals surface area contributed by atoms with Gasteiger partial charge in [0, 0.05) is 45.7 Å². The molecule has 0 spiro atoms. The third-order valence-electron chi connectivity index (χ3n) is 5.26. The van der Waals surface area contributed by atoms with Gasteiger partial charge in [0.15, 0.2) is 7.05 Å². The van der Waals surface area contributed by atoms with Crippen LogP contribution in [0.25, 0.3) is 0 Å². The molecular weight excluding hydrogens is 394 g/mol. The molecule has 1 heterocycles. The van der Waals surface area contributed by atoms with Gasteiger partial charge in [0.05, 0.1) is 11.6 Å². The maximum atomic E-state index is 12.9. The fraction of sp³-hybridized carbons (Fsp3) is 0.417. The van der Waals surface area contributed by atoms with E-state index in [1.807, 2.05) is 61.4 Å². The van der Waals surface area contributed by atoms with Crippen molar-refractivity contribution in [1.82, 2.24) is 4.90 Å². The molecule has 0 unspecified atom stereocenters. The van der Waals surface area contributed by atoms with Crippen molar-refractivity contribution in [3.63, 3.8) is 0 Å². The van der Waals surface area contributed by atoms with E-state index in [-0.39, 0.29) is 5.91 Å². The van der Waals surface area contributed by atoms with Gasteiger partial charge < -0.3 is 4.90 Å². The van der Waals surface area contributed by atoms with Crippen LogP contribution in [0.1, 0.15) is 59.7 Å². The molecule has 5 nitrogen and oxygen atoms in total. The van der Waals surface area contributed by atoms with Crippen molar-refractivity contribution in [3.05, 3.63) is 69.6 Å². The molecular formula is C24H30N3O2S+. The fourth-order valence-electron chi connectivity index (χ4n) is 3.70. The summed E-state index contributed by atoms with van der Waals surface area (Å²) in [5.41, 5.74) is 3.97. The van der Waals surface area contributed by atoms with Crippen LogP contribution < -0.4 is 0 Å². The first-order valence-electron chi connectivity index (χ1n) is 10.4. The largest absolute Gasteiger partial charge is 0.339 e. The molecule has 3 rings (SSSR count). The van der Waals surface area contributed by atoms with Gasteiger partial charge in [-0.25, -0.2) is 0 Å². The number of likely N-dealkylation sites (tertiary alicyclic amines) is 1. The highest BCUT2D eigenvalue weighted by molar-refractivity contribution is 7.97. The number of hydrogen-bond donors (Lipinski definition) is 0. The lowest BCUT2D eigenvalue weighted by Gasteiger charge is -2.32. The Morgan fingerprint density at radius 3 is 2.33 bits per heavy atom. The second kappa shape index (κ2) is 11.5. The number of piperidine rings is 1. The Labute approximate surface area is 183 Å². The predicted molar refractivity (Wildman–Crippen MR) is 123 cm³/mol. The zero-order valence-electron chi connectivity index (χ0n) is 18.2. The maximum absolute atomic E-state index is 12.9. The number of hydrogen-bond acceptors (Lipinski definition) is 4. The van der Waals surface area contributed by atoms with Crippen molar-refractivity contribution in [2.75, 3.05) is 26.4 Å². The van der Waals surface area contributed by atoms with E-state index in [1.54, 1.807) is 17.8 Å². The van der Waals surface area contributed by atoms with Crippen molar-refractivity contribution >= 4 is 23.4 Å². The number of carbonyl (C=O) groups is 1. The van der Waals surface area contributed by atoms with Crippen molar-refractivity contribution < 1.29 is 9.55 Å². The molecule has 2 aromatic rings. The molecule has 1 aliphatic rings. The van der Waals surface area contributed by atoms with Crippen LogP contribution in [0.3, 0.4) is 0 Å². The summed E-state index contributed by atoms with van der Waals surface area (Å²) in [4.78, 5) is 26.7. The minimum atomic E-state index is -0.0166. The summed E-state index contributed by atoms with van der Waals surface area (Å²) < 4.78 is 0.833. The molecule has 0 N–H and O–H groups in total. The molecule has 6 heteroatoms. The monoisotopic (exact) mass is 424 g/mol. The molecule has 0 saturated carbocycles. The van der Waals surface area contributed by atoms with Gasteiger partial charge in [-0.05, 0) is 48.8 Å². The average Bonchev–Trinajstić information content (AvgIpc) is 2.80. The summed E-state index contributed by atoms with van der Waals surface area (Å²) in [5, 5.41) is 8.93. The standard InChI is InChI=1S/C22H24N3O2S.C2H6/c1-24(27)21-13-19(7-8-20(21)15-28-2)22(26)25-11-9-18(10-12-25)17-5-3-16(14-23)4-6-17;1-2/h3-8,13,18H,9-12,15H2,1-2H3;1-2H3/q+1;. The molecule has 2 aromatic carbocycles. The van der Waals surface area contributed by atoms with Crippen LogP contribution in [0.2, 0.25) is 0 Å². The minimum Gasteiger partial charge on any atom is -0.339 e. The third kappa shape index (κ3) is 5.70. The molecule has 0 radical (unpaired) electrons. The van der Waals surface area contributed by atoms with E-state index in [1.165, 1.54) is 12.6 Å². The normalized spacial score (nSPS) is 13.8. The predicted octanol–water partition coefficient (Wildman–Crippen LogP) is 5.51. The topological polar surface area (TPSA) is 64.2 Å². The van der Waals surface area contributed by atoms with Crippen molar-refractivity contribution in [2.45, 2.75) is 38.4 Å². The van der Waals surface area contributed by atoms with Gasteiger partial charge >= 0.3 is 0 Å². The first-order chi connectivity index (χ1) is 14.5. The van der Waals surface area contributed by atoms with Crippen molar-refractivity contribution in [1.29, 1.82) is 5.26 Å². The van der Waals surface area contributed by atoms with E-state index in [2.05, 4.69) is 6.07 Å². The van der Waals surface area contributed by atoms with Crippen molar-refractivity contribution in [3.8, 4) is 6.07 Å². The average molecular weight is 425 g/mol. The lowest BCUT2D eigenvalue weighted by atomic mass is 9.89. The Balaban J connectivity index is 0.00000155. The van der Waals surface area contributed by atoms with Gasteiger partial charge in [-0.15, -0.1) is 0 Å². The molecule has 1 saturated heterocycles. The Kier molecular flexibility index (Phi) is 9.07. The number of thioether (sulfide) groups is 1. The first kappa shape index (κ1) is 23.6. The number of benzene rings is 2. The SMILES string of the molecule is CC.CSCc1ccc(C(=O)N2CCC(c3ccc(C#N)cc3)CC2)cc1[N+](C)=O. The Morgan fingerprint density at radius 1 is 1.17 bits per heavy atom. The number of rotatable bonds is 5. The Morgan fingerprint density at radius 2 is 1.80 bits per heavy atom. The zero-order valence-corrected chi connectivity index (χ0v) is 19.0. The smallest absolute Gasteiger partial charge is 0.260 e. The van der Waals surface area contributed by atoms with Gasteiger partial charge in [-0.3, -0.25) is 4.79 Å². The first-order valence-corrected chi connectivity index (χ1v) is 11.7. The van der Waals surface area contributed by atoms with Crippen LogP contribution in [-0.2, 0) is 5.75 Å². The van der Waals surface area contributed by atoms with E-state index < -0.39 is 0 Å². The van der Waals surface area contributed by atoms with Gasteiger partial charge in [-0.1, -0.05) is 32.0 Å². The summed E-state index contributed by atoms with van der Waals surface area (Å²) in [6, 6.07) is 15.3. The molecule has 1 amide bonds. The number of nitroso groups, excluding NO2 is 1.